The molecule has 2 N–H and O–H groups in total. The Bertz CT molecular complexity index is 979. The second kappa shape index (κ2) is 6.68. The van der Waals surface area contributed by atoms with Crippen LogP contribution in [0.1, 0.15) is 5.56 Å². The van der Waals surface area contributed by atoms with Gasteiger partial charge in [-0.05, 0) is 48.9 Å². The summed E-state index contributed by atoms with van der Waals surface area (Å²) >= 11 is 0. The molecule has 3 aromatic rings. The number of nitrogens with one attached hydrogen (secondary N) is 1. The van der Waals surface area contributed by atoms with E-state index in [9.17, 15) is 9.90 Å². The molecule has 0 aliphatic rings. The molecule has 0 atom stereocenters. The molecule has 25 heavy (non-hydrogen) atoms. The lowest BCUT2D eigenvalue weighted by Crippen LogP contribution is -2.12. The highest BCUT2D eigenvalue weighted by molar-refractivity contribution is 5.74. The van der Waals surface area contributed by atoms with Crippen LogP contribution in [-0.2, 0) is 0 Å². The van der Waals surface area contributed by atoms with Gasteiger partial charge in [-0.3, -0.25) is 0 Å². The van der Waals surface area contributed by atoms with Crippen molar-refractivity contribution in [2.75, 3.05) is 14.2 Å². The van der Waals surface area contributed by atoms with Crippen LogP contribution < -0.4 is 15.2 Å². The topological polar surface area (TPSA) is 84.4 Å². The summed E-state index contributed by atoms with van der Waals surface area (Å²) in [6.45, 7) is 1.79. The number of hydrogen-bond acceptors (Lipinski definition) is 5. The molecule has 0 spiro atoms. The fourth-order valence-corrected chi connectivity index (χ4v) is 2.66. The molecule has 2 aromatic carbocycles. The first-order valence-electron chi connectivity index (χ1n) is 7.66. The Hall–Kier alpha value is -3.28. The zero-order valence-corrected chi connectivity index (χ0v) is 14.2. The van der Waals surface area contributed by atoms with Crippen LogP contribution in [0.3, 0.4) is 0 Å². The largest absolute Gasteiger partial charge is 0.508 e. The van der Waals surface area contributed by atoms with E-state index in [4.69, 9.17) is 9.47 Å². The number of nitrogens with zero attached hydrogens (tertiary/aromatic N) is 1. The fourth-order valence-electron chi connectivity index (χ4n) is 2.66. The van der Waals surface area contributed by atoms with Crippen molar-refractivity contribution in [3.63, 3.8) is 0 Å². The summed E-state index contributed by atoms with van der Waals surface area (Å²) in [5, 5.41) is 9.69. The molecular formula is C19H18N2O4. The minimum absolute atomic E-state index is 0.197. The van der Waals surface area contributed by atoms with Crippen molar-refractivity contribution in [1.29, 1.82) is 0 Å². The molecule has 3 rings (SSSR count). The zero-order valence-electron chi connectivity index (χ0n) is 14.2. The maximum atomic E-state index is 12.1. The van der Waals surface area contributed by atoms with Crippen LogP contribution in [0.15, 0.2) is 47.3 Å². The third-order valence-corrected chi connectivity index (χ3v) is 3.93. The van der Waals surface area contributed by atoms with Gasteiger partial charge >= 0.3 is 5.69 Å². The number of hydrogen-bond donors (Lipinski definition) is 2. The van der Waals surface area contributed by atoms with Crippen LogP contribution in [0.4, 0.5) is 0 Å². The molecule has 0 aliphatic carbocycles. The van der Waals surface area contributed by atoms with E-state index >= 15 is 0 Å². The Kier molecular flexibility index (Phi) is 4.43. The Morgan fingerprint density at radius 1 is 1.08 bits per heavy atom. The van der Waals surface area contributed by atoms with Crippen molar-refractivity contribution in [1.82, 2.24) is 9.97 Å². The SMILES string of the molecule is COc1cccc(-c2cc(-c3ccc(O)c(C)c3)nc(=O)[nH]2)c1OC. The number of para-hydroxylation sites is 1. The third kappa shape index (κ3) is 3.19. The fraction of sp³-hybridized carbons (Fsp3) is 0.158. The van der Waals surface area contributed by atoms with Gasteiger partial charge in [0.05, 0.1) is 25.6 Å². The minimum Gasteiger partial charge on any atom is -0.508 e. The lowest BCUT2D eigenvalue weighted by atomic mass is 10.0. The predicted molar refractivity (Wildman–Crippen MR) is 95.2 cm³/mol. The number of methoxy groups -OCH3 is 2. The molecular weight excluding hydrogens is 320 g/mol. The molecule has 0 amide bonds. The lowest BCUT2D eigenvalue weighted by molar-refractivity contribution is 0.356. The molecule has 128 valence electrons. The van der Waals surface area contributed by atoms with E-state index in [0.717, 1.165) is 5.56 Å². The number of aromatic amines is 1. The molecule has 0 aliphatic heterocycles. The highest BCUT2D eigenvalue weighted by Gasteiger charge is 2.14. The van der Waals surface area contributed by atoms with E-state index in [0.29, 0.717) is 34.0 Å². The van der Waals surface area contributed by atoms with Crippen molar-refractivity contribution < 1.29 is 14.6 Å². The monoisotopic (exact) mass is 338 g/mol. The molecule has 6 nitrogen and oxygen atoms in total. The summed E-state index contributed by atoms with van der Waals surface area (Å²) in [4.78, 5) is 18.8. The lowest BCUT2D eigenvalue weighted by Gasteiger charge is -2.13. The molecule has 0 fully saturated rings. The van der Waals surface area contributed by atoms with Crippen molar-refractivity contribution in [3.05, 3.63) is 58.5 Å². The molecule has 1 heterocycles. The second-order valence-electron chi connectivity index (χ2n) is 5.53. The standard InChI is InChI=1S/C19H18N2O4/c1-11-9-12(7-8-16(11)22)14-10-15(21-19(23)20-14)13-5-4-6-17(24-2)18(13)25-3/h4-10,22H,1-3H3,(H,20,21,23). The molecule has 1 aromatic heterocycles. The van der Waals surface area contributed by atoms with E-state index in [1.54, 1.807) is 51.5 Å². The van der Waals surface area contributed by atoms with Gasteiger partial charge in [-0.15, -0.1) is 0 Å². The van der Waals surface area contributed by atoms with Crippen LogP contribution in [0.2, 0.25) is 0 Å². The number of aryl methyl sites for hydroxylation is 1. The van der Waals surface area contributed by atoms with Gasteiger partial charge < -0.3 is 19.6 Å². The zero-order chi connectivity index (χ0) is 18.0. The number of benzene rings is 2. The van der Waals surface area contributed by atoms with Gasteiger partial charge in [0.1, 0.15) is 5.75 Å². The third-order valence-electron chi connectivity index (χ3n) is 3.93. The van der Waals surface area contributed by atoms with Crippen LogP contribution in [0.25, 0.3) is 22.5 Å². The van der Waals surface area contributed by atoms with Gasteiger partial charge in [-0.25, -0.2) is 4.79 Å². The number of H-pyrrole nitrogens is 1. The van der Waals surface area contributed by atoms with Gasteiger partial charge in [-0.2, -0.15) is 4.98 Å². The predicted octanol–water partition coefficient (Wildman–Crippen LogP) is 3.14. The van der Waals surface area contributed by atoms with Crippen molar-refractivity contribution >= 4 is 0 Å². The number of phenolic OH excluding ortho intramolecular Hbond substituents is 1. The van der Waals surface area contributed by atoms with Crippen molar-refractivity contribution in [3.8, 4) is 39.8 Å². The first-order chi connectivity index (χ1) is 12.0. The molecule has 0 radical (unpaired) electrons. The molecule has 0 saturated carbocycles. The quantitative estimate of drug-likeness (QED) is 0.763. The average Bonchev–Trinajstić information content (AvgIpc) is 2.62. The van der Waals surface area contributed by atoms with E-state index < -0.39 is 5.69 Å². The maximum Gasteiger partial charge on any atom is 0.345 e. The van der Waals surface area contributed by atoms with E-state index in [1.807, 2.05) is 12.1 Å². The molecule has 0 bridgehead atoms. The highest BCUT2D eigenvalue weighted by Crippen LogP contribution is 2.37. The van der Waals surface area contributed by atoms with Crippen LogP contribution >= 0.6 is 0 Å². The summed E-state index contributed by atoms with van der Waals surface area (Å²) in [7, 11) is 3.10. The number of rotatable bonds is 4. The van der Waals surface area contributed by atoms with Gasteiger partial charge in [0.25, 0.3) is 0 Å². The Labute approximate surface area is 144 Å². The van der Waals surface area contributed by atoms with E-state index in [-0.39, 0.29) is 5.75 Å². The van der Waals surface area contributed by atoms with Gasteiger partial charge in [0.15, 0.2) is 11.5 Å². The Balaban J connectivity index is 2.18. The smallest absolute Gasteiger partial charge is 0.345 e. The normalized spacial score (nSPS) is 10.5. The number of aromatic hydroxyl groups is 1. The van der Waals surface area contributed by atoms with Gasteiger partial charge in [0.2, 0.25) is 0 Å². The first-order valence-corrected chi connectivity index (χ1v) is 7.66. The Morgan fingerprint density at radius 3 is 2.56 bits per heavy atom. The number of phenols is 1. The van der Waals surface area contributed by atoms with Crippen LogP contribution in [-0.4, -0.2) is 29.3 Å². The second-order valence-corrected chi connectivity index (χ2v) is 5.53. The summed E-state index contributed by atoms with van der Waals surface area (Å²) in [5.74, 6) is 1.29. The Morgan fingerprint density at radius 2 is 1.88 bits per heavy atom. The first kappa shape index (κ1) is 16.6. The highest BCUT2D eigenvalue weighted by atomic mass is 16.5. The van der Waals surface area contributed by atoms with Gasteiger partial charge in [-0.1, -0.05) is 6.07 Å². The maximum absolute atomic E-state index is 12.1. The van der Waals surface area contributed by atoms with Crippen LogP contribution in [0, 0.1) is 6.92 Å². The summed E-state index contributed by atoms with van der Waals surface area (Å²) in [6.07, 6.45) is 0. The molecule has 0 saturated heterocycles. The number of aromatic nitrogens is 2. The van der Waals surface area contributed by atoms with E-state index in [1.165, 1.54) is 0 Å². The summed E-state index contributed by atoms with van der Waals surface area (Å²) in [5.41, 5.74) is 2.74. The van der Waals surface area contributed by atoms with Crippen molar-refractivity contribution in [2.45, 2.75) is 6.92 Å². The van der Waals surface area contributed by atoms with E-state index in [2.05, 4.69) is 9.97 Å². The summed E-state index contributed by atoms with van der Waals surface area (Å²) < 4.78 is 10.8. The average molecular weight is 338 g/mol. The summed E-state index contributed by atoms with van der Waals surface area (Å²) in [6, 6.07) is 12.3. The minimum atomic E-state index is -0.469. The van der Waals surface area contributed by atoms with Crippen molar-refractivity contribution in [2.24, 2.45) is 0 Å². The molecule has 0 unspecified atom stereocenters. The number of ether oxygens (including phenoxy) is 2. The van der Waals surface area contributed by atoms with Crippen LogP contribution in [0.5, 0.6) is 17.2 Å². The molecule has 6 heteroatoms. The van der Waals surface area contributed by atoms with Gasteiger partial charge in [0, 0.05) is 11.1 Å².